The van der Waals surface area contributed by atoms with Gasteiger partial charge in [0.25, 0.3) is 5.91 Å². The molecule has 1 N–H and O–H groups in total. The molecule has 1 amide bonds. The quantitative estimate of drug-likeness (QED) is 0.778. The van der Waals surface area contributed by atoms with E-state index in [1.165, 1.54) is 6.07 Å². The highest BCUT2D eigenvalue weighted by atomic mass is 16.5. The van der Waals surface area contributed by atoms with E-state index in [1.54, 1.807) is 37.3 Å². The Morgan fingerprint density at radius 1 is 1.14 bits per heavy atom. The van der Waals surface area contributed by atoms with Crippen LogP contribution >= 0.6 is 0 Å². The van der Waals surface area contributed by atoms with Crippen LogP contribution in [0.4, 0.5) is 0 Å². The lowest BCUT2D eigenvalue weighted by Crippen LogP contribution is -2.31. The molecule has 8 nitrogen and oxygen atoms in total. The van der Waals surface area contributed by atoms with Crippen molar-refractivity contribution in [3.05, 3.63) is 47.5 Å². The van der Waals surface area contributed by atoms with Gasteiger partial charge in [0.2, 0.25) is 0 Å². The molecule has 0 unspecified atom stereocenters. The van der Waals surface area contributed by atoms with Gasteiger partial charge in [0, 0.05) is 12.6 Å². The summed E-state index contributed by atoms with van der Waals surface area (Å²) in [4.78, 5) is 25.3. The number of aliphatic carboxylic acids is 1. The van der Waals surface area contributed by atoms with E-state index in [0.717, 1.165) is 5.56 Å². The summed E-state index contributed by atoms with van der Waals surface area (Å²) < 4.78 is 21.4. The number of nitrogens with zero attached hydrogens (tertiary/aromatic N) is 1. The summed E-state index contributed by atoms with van der Waals surface area (Å²) in [7, 11) is 3.13. The molecule has 1 heterocycles. The molecule has 0 saturated carbocycles. The summed E-state index contributed by atoms with van der Waals surface area (Å²) in [6.07, 6.45) is 0. The Morgan fingerprint density at radius 3 is 2.64 bits per heavy atom. The number of carbonyl (C=O) groups is 2. The maximum Gasteiger partial charge on any atom is 0.341 e. The zero-order valence-corrected chi connectivity index (χ0v) is 15.6. The fourth-order valence-electron chi connectivity index (χ4n) is 2.92. The second-order valence-corrected chi connectivity index (χ2v) is 6.10. The molecule has 28 heavy (non-hydrogen) atoms. The van der Waals surface area contributed by atoms with Gasteiger partial charge in [-0.15, -0.1) is 0 Å². The maximum atomic E-state index is 13.0. The summed E-state index contributed by atoms with van der Waals surface area (Å²) >= 11 is 0. The molecule has 0 bridgehead atoms. The van der Waals surface area contributed by atoms with Crippen LogP contribution in [0.3, 0.4) is 0 Å². The van der Waals surface area contributed by atoms with Crippen LogP contribution in [0.1, 0.15) is 15.9 Å². The van der Waals surface area contributed by atoms with E-state index < -0.39 is 12.6 Å². The number of amides is 1. The van der Waals surface area contributed by atoms with Crippen molar-refractivity contribution in [2.45, 2.75) is 6.54 Å². The second kappa shape index (κ2) is 8.51. The minimum absolute atomic E-state index is 0.174. The summed E-state index contributed by atoms with van der Waals surface area (Å²) in [5.41, 5.74) is 1.30. The summed E-state index contributed by atoms with van der Waals surface area (Å²) in [5, 5.41) is 8.71. The van der Waals surface area contributed by atoms with Gasteiger partial charge in [-0.3, -0.25) is 4.79 Å². The highest BCUT2D eigenvalue weighted by Gasteiger charge is 2.24. The number of hydrogen-bond donors (Lipinski definition) is 1. The van der Waals surface area contributed by atoms with Gasteiger partial charge in [0.05, 0.1) is 26.3 Å². The van der Waals surface area contributed by atoms with E-state index in [1.807, 2.05) is 12.1 Å². The number of rotatable bonds is 7. The van der Waals surface area contributed by atoms with Crippen LogP contribution in [0.25, 0.3) is 0 Å². The predicted molar refractivity (Wildman–Crippen MR) is 99.4 cm³/mol. The Bertz CT molecular complexity index is 881. The van der Waals surface area contributed by atoms with Gasteiger partial charge < -0.3 is 29.0 Å². The van der Waals surface area contributed by atoms with Crippen molar-refractivity contribution in [1.82, 2.24) is 4.90 Å². The molecule has 0 atom stereocenters. The zero-order chi connectivity index (χ0) is 20.1. The third kappa shape index (κ3) is 4.28. The highest BCUT2D eigenvalue weighted by molar-refractivity contribution is 5.97. The first-order valence-corrected chi connectivity index (χ1v) is 8.63. The fourth-order valence-corrected chi connectivity index (χ4v) is 2.92. The van der Waals surface area contributed by atoms with Gasteiger partial charge in [-0.25, -0.2) is 4.79 Å². The molecular weight excluding hydrogens is 366 g/mol. The lowest BCUT2D eigenvalue weighted by molar-refractivity contribution is -0.139. The SMILES string of the molecule is COc1ccc(CN2CCOc3cc(OCC(=O)O)ccc3C2=O)cc1OC. The molecule has 1 aliphatic rings. The topological polar surface area (TPSA) is 94.5 Å². The van der Waals surface area contributed by atoms with Gasteiger partial charge in [-0.1, -0.05) is 6.07 Å². The average Bonchev–Trinajstić information content (AvgIpc) is 2.85. The highest BCUT2D eigenvalue weighted by Crippen LogP contribution is 2.31. The normalized spacial score (nSPS) is 13.2. The van der Waals surface area contributed by atoms with Crippen molar-refractivity contribution in [3.8, 4) is 23.0 Å². The summed E-state index contributed by atoms with van der Waals surface area (Å²) in [6, 6.07) is 10.2. The zero-order valence-electron chi connectivity index (χ0n) is 15.6. The Kier molecular flexibility index (Phi) is 5.88. The van der Waals surface area contributed by atoms with Crippen molar-refractivity contribution in [3.63, 3.8) is 0 Å². The van der Waals surface area contributed by atoms with Crippen LogP contribution in [-0.2, 0) is 11.3 Å². The molecule has 0 aliphatic carbocycles. The molecule has 8 heteroatoms. The predicted octanol–water partition coefficient (Wildman–Crippen LogP) is 2.20. The number of carboxylic acids is 1. The standard InChI is InChI=1S/C20H21NO7/c1-25-16-6-3-13(9-18(16)26-2)11-21-7-8-27-17-10-14(28-12-19(22)23)4-5-15(17)20(21)24/h3-6,9-10H,7-8,11-12H2,1-2H3,(H,22,23). The molecule has 1 aliphatic heterocycles. The van der Waals surface area contributed by atoms with Crippen LogP contribution < -0.4 is 18.9 Å². The Labute approximate surface area is 162 Å². The van der Waals surface area contributed by atoms with E-state index in [2.05, 4.69) is 0 Å². The number of carboxylic acid groups (broad SMARTS) is 1. The molecule has 0 spiro atoms. The van der Waals surface area contributed by atoms with E-state index in [9.17, 15) is 9.59 Å². The summed E-state index contributed by atoms with van der Waals surface area (Å²) in [5.74, 6) is 0.681. The molecule has 3 rings (SSSR count). The van der Waals surface area contributed by atoms with Gasteiger partial charge in [-0.2, -0.15) is 0 Å². The molecule has 0 radical (unpaired) electrons. The third-order valence-corrected chi connectivity index (χ3v) is 4.27. The minimum Gasteiger partial charge on any atom is -0.493 e. The van der Waals surface area contributed by atoms with E-state index in [-0.39, 0.29) is 5.91 Å². The first-order chi connectivity index (χ1) is 13.5. The number of carbonyl (C=O) groups excluding carboxylic acids is 1. The Morgan fingerprint density at radius 2 is 1.93 bits per heavy atom. The van der Waals surface area contributed by atoms with E-state index >= 15 is 0 Å². The smallest absolute Gasteiger partial charge is 0.341 e. The lowest BCUT2D eigenvalue weighted by atomic mass is 10.1. The van der Waals surface area contributed by atoms with Gasteiger partial charge in [0.15, 0.2) is 18.1 Å². The Balaban J connectivity index is 1.78. The van der Waals surface area contributed by atoms with Crippen molar-refractivity contribution >= 4 is 11.9 Å². The fraction of sp³-hybridized carbons (Fsp3) is 0.300. The number of fused-ring (bicyclic) bond motifs is 1. The van der Waals surface area contributed by atoms with Crippen LogP contribution in [-0.4, -0.2) is 55.9 Å². The summed E-state index contributed by atoms with van der Waals surface area (Å²) in [6.45, 7) is 0.652. The minimum atomic E-state index is -1.08. The van der Waals surface area contributed by atoms with Crippen LogP contribution in [0.2, 0.25) is 0 Å². The molecule has 0 aromatic heterocycles. The Hall–Kier alpha value is -3.42. The monoisotopic (exact) mass is 387 g/mol. The molecular formula is C20H21NO7. The molecule has 0 saturated heterocycles. The van der Waals surface area contributed by atoms with Crippen LogP contribution in [0.5, 0.6) is 23.0 Å². The largest absolute Gasteiger partial charge is 0.493 e. The maximum absolute atomic E-state index is 13.0. The van der Waals surface area contributed by atoms with E-state index in [4.69, 9.17) is 24.1 Å². The van der Waals surface area contributed by atoms with Crippen LogP contribution in [0, 0.1) is 0 Å². The van der Waals surface area contributed by atoms with Crippen molar-refractivity contribution < 1.29 is 33.6 Å². The molecule has 0 fully saturated rings. The number of benzene rings is 2. The number of hydrogen-bond acceptors (Lipinski definition) is 6. The van der Waals surface area contributed by atoms with Crippen molar-refractivity contribution in [2.75, 3.05) is 34.0 Å². The van der Waals surface area contributed by atoms with E-state index in [0.29, 0.717) is 48.3 Å². The number of methoxy groups -OCH3 is 2. The van der Waals surface area contributed by atoms with Crippen LogP contribution in [0.15, 0.2) is 36.4 Å². The van der Waals surface area contributed by atoms with Gasteiger partial charge in [0.1, 0.15) is 18.1 Å². The third-order valence-electron chi connectivity index (χ3n) is 4.27. The van der Waals surface area contributed by atoms with Gasteiger partial charge in [-0.05, 0) is 29.8 Å². The number of ether oxygens (including phenoxy) is 4. The molecule has 2 aromatic carbocycles. The average molecular weight is 387 g/mol. The first kappa shape index (κ1) is 19.3. The van der Waals surface area contributed by atoms with Crippen molar-refractivity contribution in [2.24, 2.45) is 0 Å². The lowest BCUT2D eigenvalue weighted by Gasteiger charge is -2.20. The van der Waals surface area contributed by atoms with Gasteiger partial charge >= 0.3 is 5.97 Å². The second-order valence-electron chi connectivity index (χ2n) is 6.10. The molecule has 148 valence electrons. The van der Waals surface area contributed by atoms with Crippen molar-refractivity contribution in [1.29, 1.82) is 0 Å². The first-order valence-electron chi connectivity index (χ1n) is 8.63. The molecule has 2 aromatic rings.